The molecule has 2 N–H and O–H groups in total. The van der Waals surface area contributed by atoms with Crippen LogP contribution in [0.1, 0.15) is 39.0 Å². The number of rotatable bonds is 8. The van der Waals surface area contributed by atoms with Gasteiger partial charge in [0.2, 0.25) is 0 Å². The average molecular weight is 216 g/mol. The normalized spacial score (nSPS) is 12.1. The molecule has 0 saturated carbocycles. The molecule has 15 heavy (non-hydrogen) atoms. The SMILES string of the molecule is CC(CCC(=O)O)CC(=O)CCC(=O)O. The van der Waals surface area contributed by atoms with E-state index in [0.717, 1.165) is 0 Å². The highest BCUT2D eigenvalue weighted by Crippen LogP contribution is 2.12. The largest absolute Gasteiger partial charge is 0.481 e. The lowest BCUT2D eigenvalue weighted by atomic mass is 9.97. The van der Waals surface area contributed by atoms with Crippen LogP contribution < -0.4 is 0 Å². The third-order valence-corrected chi connectivity index (χ3v) is 2.04. The van der Waals surface area contributed by atoms with Crippen LogP contribution in [0.25, 0.3) is 0 Å². The fraction of sp³-hybridized carbons (Fsp3) is 0.700. The standard InChI is InChI=1S/C10H16O5/c1-7(2-4-9(12)13)6-8(11)3-5-10(14)15/h7H,2-6H2,1H3,(H,12,13)(H,14,15). The molecule has 0 heterocycles. The lowest BCUT2D eigenvalue weighted by molar-refractivity contribution is -0.138. The van der Waals surface area contributed by atoms with Gasteiger partial charge in [0.1, 0.15) is 5.78 Å². The Morgan fingerprint density at radius 3 is 2.00 bits per heavy atom. The minimum Gasteiger partial charge on any atom is -0.481 e. The summed E-state index contributed by atoms with van der Waals surface area (Å²) in [6.07, 6.45) is 0.652. The molecule has 0 bridgehead atoms. The topological polar surface area (TPSA) is 91.7 Å². The summed E-state index contributed by atoms with van der Waals surface area (Å²) >= 11 is 0. The Hall–Kier alpha value is -1.39. The molecule has 0 aromatic rings. The molecule has 0 amide bonds. The average Bonchev–Trinajstić information content (AvgIpc) is 2.11. The number of ketones is 1. The summed E-state index contributed by atoms with van der Waals surface area (Å²) in [5.74, 6) is -1.97. The van der Waals surface area contributed by atoms with Gasteiger partial charge in [-0.1, -0.05) is 6.92 Å². The van der Waals surface area contributed by atoms with Crippen molar-refractivity contribution in [3.05, 3.63) is 0 Å². The number of hydrogen-bond donors (Lipinski definition) is 2. The monoisotopic (exact) mass is 216 g/mol. The summed E-state index contributed by atoms with van der Waals surface area (Å²) in [6.45, 7) is 1.79. The summed E-state index contributed by atoms with van der Waals surface area (Å²) in [7, 11) is 0. The van der Waals surface area contributed by atoms with Gasteiger partial charge in [0.25, 0.3) is 0 Å². The Bertz CT molecular complexity index is 246. The molecule has 0 rings (SSSR count). The van der Waals surface area contributed by atoms with Crippen LogP contribution in [0.15, 0.2) is 0 Å². The van der Waals surface area contributed by atoms with Gasteiger partial charge in [-0.25, -0.2) is 0 Å². The lowest BCUT2D eigenvalue weighted by Crippen LogP contribution is -2.09. The first-order chi connectivity index (χ1) is 6.91. The van der Waals surface area contributed by atoms with Gasteiger partial charge in [-0.2, -0.15) is 0 Å². The van der Waals surface area contributed by atoms with Gasteiger partial charge in [0, 0.05) is 19.3 Å². The molecule has 0 fully saturated rings. The number of carboxylic acids is 2. The summed E-state index contributed by atoms with van der Waals surface area (Å²) in [5.41, 5.74) is 0. The molecule has 5 heteroatoms. The third kappa shape index (κ3) is 8.93. The number of Topliss-reactive ketones (excluding diaryl/α,β-unsaturated/α-hetero) is 1. The van der Waals surface area contributed by atoms with Crippen LogP contribution in [0, 0.1) is 5.92 Å². The number of hydrogen-bond acceptors (Lipinski definition) is 3. The fourth-order valence-corrected chi connectivity index (χ4v) is 1.21. The molecular weight excluding hydrogens is 200 g/mol. The van der Waals surface area contributed by atoms with Crippen molar-refractivity contribution in [3.8, 4) is 0 Å². The highest BCUT2D eigenvalue weighted by molar-refractivity contribution is 5.82. The zero-order valence-corrected chi connectivity index (χ0v) is 8.73. The van der Waals surface area contributed by atoms with Crippen LogP contribution in [0.4, 0.5) is 0 Å². The van der Waals surface area contributed by atoms with Gasteiger partial charge in [-0.05, 0) is 12.3 Å². The quantitative estimate of drug-likeness (QED) is 0.638. The highest BCUT2D eigenvalue weighted by atomic mass is 16.4. The van der Waals surface area contributed by atoms with Crippen molar-refractivity contribution < 1.29 is 24.6 Å². The molecule has 1 unspecified atom stereocenters. The minimum atomic E-state index is -0.985. The maximum Gasteiger partial charge on any atom is 0.303 e. The van der Waals surface area contributed by atoms with Gasteiger partial charge < -0.3 is 10.2 Å². The zero-order valence-electron chi connectivity index (χ0n) is 8.73. The second kappa shape index (κ2) is 6.98. The van der Waals surface area contributed by atoms with E-state index in [2.05, 4.69) is 0 Å². The third-order valence-electron chi connectivity index (χ3n) is 2.04. The number of carbonyl (C=O) groups is 3. The van der Waals surface area contributed by atoms with E-state index in [-0.39, 0.29) is 37.4 Å². The Morgan fingerprint density at radius 1 is 1.00 bits per heavy atom. The van der Waals surface area contributed by atoms with Gasteiger partial charge in [-0.15, -0.1) is 0 Å². The summed E-state index contributed by atoms with van der Waals surface area (Å²) in [5, 5.41) is 16.8. The fourth-order valence-electron chi connectivity index (χ4n) is 1.21. The zero-order chi connectivity index (χ0) is 11.8. The van der Waals surface area contributed by atoms with Crippen molar-refractivity contribution in [2.45, 2.75) is 39.0 Å². The first-order valence-corrected chi connectivity index (χ1v) is 4.87. The maximum atomic E-state index is 11.2. The summed E-state index contributed by atoms with van der Waals surface area (Å²) in [6, 6.07) is 0. The molecule has 86 valence electrons. The van der Waals surface area contributed by atoms with Crippen molar-refractivity contribution in [3.63, 3.8) is 0 Å². The molecule has 0 aliphatic carbocycles. The molecule has 0 radical (unpaired) electrons. The van der Waals surface area contributed by atoms with Crippen LogP contribution in [0.2, 0.25) is 0 Å². The first-order valence-electron chi connectivity index (χ1n) is 4.87. The van der Waals surface area contributed by atoms with Crippen LogP contribution in [-0.2, 0) is 14.4 Å². The number of aliphatic carboxylic acids is 2. The van der Waals surface area contributed by atoms with Crippen LogP contribution in [0.3, 0.4) is 0 Å². The van der Waals surface area contributed by atoms with E-state index in [1.54, 1.807) is 6.92 Å². The van der Waals surface area contributed by atoms with Crippen LogP contribution >= 0.6 is 0 Å². The van der Waals surface area contributed by atoms with Gasteiger partial charge >= 0.3 is 11.9 Å². The van der Waals surface area contributed by atoms with Gasteiger partial charge in [0.05, 0.1) is 6.42 Å². The molecule has 1 atom stereocenters. The predicted octanol–water partition coefficient (Wildman–Crippen LogP) is 1.31. The molecule has 0 aliphatic heterocycles. The van der Waals surface area contributed by atoms with E-state index in [9.17, 15) is 14.4 Å². The van der Waals surface area contributed by atoms with Crippen molar-refractivity contribution in [2.75, 3.05) is 0 Å². The smallest absolute Gasteiger partial charge is 0.303 e. The van der Waals surface area contributed by atoms with E-state index in [4.69, 9.17) is 10.2 Å². The Kier molecular flexibility index (Phi) is 6.33. The minimum absolute atomic E-state index is 0.00222. The van der Waals surface area contributed by atoms with E-state index < -0.39 is 11.9 Å². The van der Waals surface area contributed by atoms with E-state index >= 15 is 0 Å². The second-order valence-electron chi connectivity index (χ2n) is 3.67. The molecule has 0 aliphatic rings. The highest BCUT2D eigenvalue weighted by Gasteiger charge is 2.11. The first kappa shape index (κ1) is 13.6. The van der Waals surface area contributed by atoms with Crippen LogP contribution in [-0.4, -0.2) is 27.9 Å². The molecule has 5 nitrogen and oxygen atoms in total. The predicted molar refractivity (Wildman–Crippen MR) is 52.5 cm³/mol. The van der Waals surface area contributed by atoms with Crippen molar-refractivity contribution in [1.82, 2.24) is 0 Å². The molecule has 0 spiro atoms. The molecule has 0 aromatic carbocycles. The van der Waals surface area contributed by atoms with Gasteiger partial charge in [0.15, 0.2) is 0 Å². The second-order valence-corrected chi connectivity index (χ2v) is 3.67. The maximum absolute atomic E-state index is 11.2. The van der Waals surface area contributed by atoms with E-state index in [1.807, 2.05) is 0 Å². The lowest BCUT2D eigenvalue weighted by Gasteiger charge is -2.07. The van der Waals surface area contributed by atoms with E-state index in [0.29, 0.717) is 6.42 Å². The Labute approximate surface area is 88.1 Å². The molecular formula is C10H16O5. The van der Waals surface area contributed by atoms with Gasteiger partial charge in [-0.3, -0.25) is 14.4 Å². The van der Waals surface area contributed by atoms with Crippen molar-refractivity contribution in [1.29, 1.82) is 0 Å². The Morgan fingerprint density at radius 2 is 1.53 bits per heavy atom. The summed E-state index contributed by atoms with van der Waals surface area (Å²) in [4.78, 5) is 31.6. The molecule has 0 saturated heterocycles. The van der Waals surface area contributed by atoms with Crippen LogP contribution in [0.5, 0.6) is 0 Å². The number of carbonyl (C=O) groups excluding carboxylic acids is 1. The Balaban J connectivity index is 3.66. The summed E-state index contributed by atoms with van der Waals surface area (Å²) < 4.78 is 0. The van der Waals surface area contributed by atoms with Crippen molar-refractivity contribution in [2.24, 2.45) is 5.92 Å². The van der Waals surface area contributed by atoms with E-state index in [1.165, 1.54) is 0 Å². The van der Waals surface area contributed by atoms with Crippen molar-refractivity contribution >= 4 is 17.7 Å². The molecule has 0 aromatic heterocycles. The number of carboxylic acid groups (broad SMARTS) is 2.